The van der Waals surface area contributed by atoms with Crippen molar-refractivity contribution in [2.24, 2.45) is 34.5 Å². The van der Waals surface area contributed by atoms with Crippen LogP contribution in [0.2, 0.25) is 0 Å². The molecule has 16 nitrogen and oxygen atoms in total. The second-order valence-electron chi connectivity index (χ2n) is 17.1. The van der Waals surface area contributed by atoms with Gasteiger partial charge in [0.1, 0.15) is 61.5 Å². The Labute approximate surface area is 308 Å². The number of ether oxygens (including phenoxy) is 6. The van der Waals surface area contributed by atoms with Crippen LogP contribution in [-0.2, 0) is 38.0 Å². The molecule has 16 heteroatoms. The summed E-state index contributed by atoms with van der Waals surface area (Å²) in [7, 11) is 0. The third kappa shape index (κ3) is 6.57. The Kier molecular flexibility index (Phi) is 10.9. The summed E-state index contributed by atoms with van der Waals surface area (Å²) in [6.07, 6.45) is -8.88. The topological polar surface area (TPSA) is 251 Å². The molecule has 53 heavy (non-hydrogen) atoms. The van der Waals surface area contributed by atoms with Gasteiger partial charge in [0.2, 0.25) is 0 Å². The Morgan fingerprint density at radius 1 is 0.868 bits per heavy atom. The van der Waals surface area contributed by atoms with Crippen LogP contribution in [0.15, 0.2) is 11.6 Å². The van der Waals surface area contributed by atoms with Crippen LogP contribution in [0.5, 0.6) is 0 Å². The molecule has 0 bridgehead atoms. The molecule has 0 aromatic carbocycles. The second-order valence-corrected chi connectivity index (χ2v) is 17.1. The van der Waals surface area contributed by atoms with Gasteiger partial charge in [0.25, 0.3) is 0 Å². The van der Waals surface area contributed by atoms with Crippen molar-refractivity contribution >= 4 is 11.9 Å². The van der Waals surface area contributed by atoms with Crippen LogP contribution in [0.25, 0.3) is 0 Å². The van der Waals surface area contributed by atoms with Gasteiger partial charge in [-0.2, -0.15) is 0 Å². The molecule has 0 amide bonds. The van der Waals surface area contributed by atoms with Crippen LogP contribution in [0.3, 0.4) is 0 Å². The van der Waals surface area contributed by atoms with Crippen molar-refractivity contribution in [3.63, 3.8) is 0 Å². The van der Waals surface area contributed by atoms with Gasteiger partial charge >= 0.3 is 11.9 Å². The summed E-state index contributed by atoms with van der Waals surface area (Å²) < 4.78 is 34.3. The van der Waals surface area contributed by atoms with Gasteiger partial charge in [0.15, 0.2) is 12.6 Å². The van der Waals surface area contributed by atoms with E-state index in [-0.39, 0.29) is 41.8 Å². The molecule has 0 aromatic rings. The normalized spacial score (nSPS) is 52.5. The highest BCUT2D eigenvalue weighted by Crippen LogP contribution is 2.70. The molecule has 0 aromatic heterocycles. The highest BCUT2D eigenvalue weighted by atomic mass is 16.7. The second kappa shape index (κ2) is 14.6. The Morgan fingerprint density at radius 3 is 2.21 bits per heavy atom. The molecule has 300 valence electrons. The zero-order valence-corrected chi connectivity index (χ0v) is 30.4. The first kappa shape index (κ1) is 39.4. The maximum atomic E-state index is 12.8. The molecule has 0 unspecified atom stereocenters. The van der Waals surface area contributed by atoms with Crippen molar-refractivity contribution in [3.8, 4) is 0 Å². The first-order valence-electron chi connectivity index (χ1n) is 19.1. The third-order valence-corrected chi connectivity index (χ3v) is 14.5. The fraction of sp³-hybridized carbons (Fsp3) is 0.892. The first-order valence-corrected chi connectivity index (χ1v) is 19.1. The maximum Gasteiger partial charge on any atom is 0.331 e. The predicted molar refractivity (Wildman–Crippen MR) is 178 cm³/mol. The van der Waals surface area contributed by atoms with Gasteiger partial charge in [-0.1, -0.05) is 13.8 Å². The van der Waals surface area contributed by atoms with Crippen LogP contribution >= 0.6 is 0 Å². The van der Waals surface area contributed by atoms with Crippen molar-refractivity contribution in [2.75, 3.05) is 19.8 Å². The molecule has 0 spiro atoms. The summed E-state index contributed by atoms with van der Waals surface area (Å²) in [6.45, 7) is 4.77. The smallest absolute Gasteiger partial charge is 0.331 e. The van der Waals surface area contributed by atoms with E-state index in [2.05, 4.69) is 13.8 Å². The molecule has 4 saturated carbocycles. The van der Waals surface area contributed by atoms with Gasteiger partial charge < -0.3 is 69.3 Å². The molecule has 19 atom stereocenters. The van der Waals surface area contributed by atoms with E-state index in [1.807, 2.05) is 0 Å². The van der Waals surface area contributed by atoms with Gasteiger partial charge in [0, 0.05) is 30.8 Å². The van der Waals surface area contributed by atoms with Crippen LogP contribution in [0.4, 0.5) is 0 Å². The summed E-state index contributed by atoms with van der Waals surface area (Å²) in [4.78, 5) is 24.3. The van der Waals surface area contributed by atoms with E-state index in [4.69, 9.17) is 28.4 Å². The number of aliphatic hydroxyl groups is 8. The Balaban J connectivity index is 1.01. The molecule has 3 heterocycles. The van der Waals surface area contributed by atoms with Crippen LogP contribution < -0.4 is 0 Å². The number of hydrogen-bond acceptors (Lipinski definition) is 16. The summed E-state index contributed by atoms with van der Waals surface area (Å²) in [5.74, 6) is -0.821. The lowest BCUT2D eigenvalue weighted by Crippen LogP contribution is -2.63. The molecule has 6 fully saturated rings. The lowest BCUT2D eigenvalue weighted by molar-refractivity contribution is -0.338. The van der Waals surface area contributed by atoms with Crippen LogP contribution in [0.1, 0.15) is 72.1 Å². The number of esters is 2. The van der Waals surface area contributed by atoms with E-state index in [1.165, 1.54) is 13.0 Å². The minimum absolute atomic E-state index is 0.0498. The average Bonchev–Trinajstić information content (AvgIpc) is 3.63. The molecule has 3 aliphatic heterocycles. The number of hydrogen-bond donors (Lipinski definition) is 8. The number of cyclic esters (lactones) is 1. The third-order valence-electron chi connectivity index (χ3n) is 14.5. The van der Waals surface area contributed by atoms with Gasteiger partial charge in [-0.25, -0.2) is 4.79 Å². The van der Waals surface area contributed by atoms with E-state index in [0.29, 0.717) is 25.7 Å². The number of rotatable bonds is 8. The fourth-order valence-electron chi connectivity index (χ4n) is 11.6. The Morgan fingerprint density at radius 2 is 1.55 bits per heavy atom. The maximum absolute atomic E-state index is 12.8. The minimum atomic E-state index is -1.67. The molecule has 8 N–H and O–H groups in total. The molecule has 2 saturated heterocycles. The summed E-state index contributed by atoms with van der Waals surface area (Å²) in [5.41, 5.74) is -1.12. The van der Waals surface area contributed by atoms with Gasteiger partial charge in [-0.05, 0) is 73.7 Å². The monoisotopic (exact) mass is 756 g/mol. The zero-order valence-electron chi connectivity index (χ0n) is 30.4. The molecule has 7 rings (SSSR count). The van der Waals surface area contributed by atoms with Crippen molar-refractivity contribution in [1.29, 1.82) is 0 Å². The number of aliphatic hydroxyl groups excluding tert-OH is 7. The van der Waals surface area contributed by atoms with Crippen molar-refractivity contribution < 1.29 is 78.9 Å². The highest BCUT2D eigenvalue weighted by Gasteiger charge is 2.71. The Hall–Kier alpha value is -1.80. The van der Waals surface area contributed by atoms with Gasteiger partial charge in [0.05, 0.1) is 24.9 Å². The summed E-state index contributed by atoms with van der Waals surface area (Å²) in [5, 5.41) is 85.0. The lowest BCUT2D eigenvalue weighted by atomic mass is 9.43. The lowest BCUT2D eigenvalue weighted by Gasteiger charge is -2.63. The highest BCUT2D eigenvalue weighted by molar-refractivity contribution is 5.85. The number of fused-ring (bicyclic) bond motifs is 5. The molecular formula is C37H56O16. The minimum Gasteiger partial charge on any atom is -0.462 e. The molecule has 0 radical (unpaired) electrons. The number of carbonyl (C=O) groups is 2. The molecule has 7 aliphatic rings. The summed E-state index contributed by atoms with van der Waals surface area (Å²) >= 11 is 0. The largest absolute Gasteiger partial charge is 0.462 e. The van der Waals surface area contributed by atoms with Crippen LogP contribution in [0, 0.1) is 34.5 Å². The fourth-order valence-corrected chi connectivity index (χ4v) is 11.6. The van der Waals surface area contributed by atoms with Crippen LogP contribution in [-0.4, -0.2) is 152 Å². The first-order chi connectivity index (χ1) is 25.0. The quantitative estimate of drug-likeness (QED) is 0.107. The molecule has 4 aliphatic carbocycles. The van der Waals surface area contributed by atoms with Gasteiger partial charge in [-0.15, -0.1) is 0 Å². The van der Waals surface area contributed by atoms with Crippen molar-refractivity contribution in [1.82, 2.24) is 0 Å². The standard InChI is InChI=1S/C37H56O16/c1-16(39)50-22-12-37(47)21-5-4-18-11-19(6-8-35(18,2)20(21)7-9-36(37,3)26(22)17-10-25(40)48-14-17)51-34-32(46)30(44)28(42)24(53-34)15-49-33-31(45)29(43)27(41)23(13-38)52-33/h10,18-24,26-34,38,41-47H,4-9,11-15H2,1-3H3/t18-,19+,20+,21-,22+,23-,24-,26+,27-,28-,29+,30+,31-,32-,33-,34-,35+,36-,37+/m1/s1. The SMILES string of the molecule is CC(=O)O[C@H]1C[C@]2(O)[C@@H]3CC[C@@H]4C[C@@H](O[C@@H]5O[C@H](CO[C@@H]6O[C@H](CO)[C@@H](O)[C@H](O)[C@H]6O)[C@@H](O)[C@H](O)[C@H]5O)CC[C@]4(C)[C@H]3CC[C@]2(C)[C@H]1C1=CC(=O)OC1. The van der Waals surface area contributed by atoms with Gasteiger partial charge in [-0.3, -0.25) is 4.79 Å². The Bertz CT molecular complexity index is 1410. The summed E-state index contributed by atoms with van der Waals surface area (Å²) in [6, 6.07) is 0. The van der Waals surface area contributed by atoms with E-state index in [0.717, 1.165) is 31.3 Å². The van der Waals surface area contributed by atoms with E-state index in [1.54, 1.807) is 0 Å². The predicted octanol–water partition coefficient (Wildman–Crippen LogP) is -1.21. The molecular weight excluding hydrogens is 700 g/mol. The van der Waals surface area contributed by atoms with E-state index < -0.39 is 104 Å². The zero-order chi connectivity index (χ0) is 38.2. The van der Waals surface area contributed by atoms with Crippen molar-refractivity contribution in [3.05, 3.63) is 11.6 Å². The van der Waals surface area contributed by atoms with Crippen molar-refractivity contribution in [2.45, 2.75) is 151 Å². The van der Waals surface area contributed by atoms with E-state index >= 15 is 0 Å². The number of carbonyl (C=O) groups excluding carboxylic acids is 2. The van der Waals surface area contributed by atoms with E-state index in [9.17, 15) is 50.4 Å². The average molecular weight is 757 g/mol.